The van der Waals surface area contributed by atoms with Crippen molar-refractivity contribution in [1.29, 1.82) is 0 Å². The number of unbranched alkanes of at least 4 members (excludes halogenated alkanes) is 1. The van der Waals surface area contributed by atoms with Crippen molar-refractivity contribution in [1.82, 2.24) is 4.90 Å². The van der Waals surface area contributed by atoms with Crippen molar-refractivity contribution in [2.24, 2.45) is 17.6 Å². The number of benzene rings is 1. The lowest BCUT2D eigenvalue weighted by atomic mass is 9.79. The summed E-state index contributed by atoms with van der Waals surface area (Å²) in [5, 5.41) is 0. The summed E-state index contributed by atoms with van der Waals surface area (Å²) in [6.07, 6.45) is 13.6. The van der Waals surface area contributed by atoms with E-state index >= 15 is 0 Å². The fourth-order valence-corrected chi connectivity index (χ4v) is 5.01. The van der Waals surface area contributed by atoms with Crippen LogP contribution in [0.1, 0.15) is 110 Å². The molecule has 0 amide bonds. The summed E-state index contributed by atoms with van der Waals surface area (Å²) in [6, 6.07) is 6.37. The predicted octanol–water partition coefficient (Wildman–Crippen LogP) is 8.65. The molecule has 0 aromatic heterocycles. The smallest absolute Gasteiger partial charge is 0.270 e. The first-order valence-electron chi connectivity index (χ1n) is 13.5. The molecule has 0 aliphatic carbocycles. The molecule has 1 aliphatic heterocycles. The summed E-state index contributed by atoms with van der Waals surface area (Å²) in [5.74, 6) is -0.739. The van der Waals surface area contributed by atoms with Gasteiger partial charge in [-0.15, -0.1) is 0 Å². The average Bonchev–Trinajstić information content (AvgIpc) is 2.77. The molecule has 1 unspecified atom stereocenters. The molecule has 1 heterocycles. The highest BCUT2D eigenvalue weighted by atomic mass is 19.3. The number of nitrogens with zero attached hydrogens (tertiary/aromatic N) is 1. The number of allylic oxidation sites excluding steroid dienone is 2. The van der Waals surface area contributed by atoms with Gasteiger partial charge in [0.25, 0.3) is 5.92 Å². The standard InChI is InChI=1S/C17H25F2N.C13H27N/c1-13(2)7-5-6-12-16(3,20)14-8-10-15(11-9-14)17(4,18)19;1-4-6-12(7-5-2)13-8-10-14(3)11-9-13/h7-11H,5-6,12,20H2,1-4H3;12-13H,4-11H2,1-3H3. The minimum atomic E-state index is -2.80. The van der Waals surface area contributed by atoms with E-state index in [1.165, 1.54) is 69.3 Å². The van der Waals surface area contributed by atoms with Gasteiger partial charge in [0.1, 0.15) is 0 Å². The second kappa shape index (κ2) is 15.0. The second-order valence-corrected chi connectivity index (χ2v) is 11.0. The molecule has 0 spiro atoms. The SMILES string of the molecule is CC(C)=CCCCC(C)(N)c1ccc(C(C)(F)F)cc1.CCCC(CCC)C1CCN(C)CC1. The first-order chi connectivity index (χ1) is 15.9. The van der Waals surface area contributed by atoms with Gasteiger partial charge < -0.3 is 10.6 Å². The Morgan fingerprint density at radius 1 is 1.03 bits per heavy atom. The van der Waals surface area contributed by atoms with Crippen LogP contribution in [-0.2, 0) is 11.5 Å². The van der Waals surface area contributed by atoms with Gasteiger partial charge >= 0.3 is 0 Å². The van der Waals surface area contributed by atoms with Crippen LogP contribution in [0, 0.1) is 11.8 Å². The van der Waals surface area contributed by atoms with Gasteiger partial charge in [0.05, 0.1) is 0 Å². The van der Waals surface area contributed by atoms with Crippen molar-refractivity contribution in [3.63, 3.8) is 0 Å². The minimum Gasteiger partial charge on any atom is -0.322 e. The van der Waals surface area contributed by atoms with E-state index in [2.05, 4.69) is 45.7 Å². The maximum absolute atomic E-state index is 13.2. The lowest BCUT2D eigenvalue weighted by molar-refractivity contribution is 0.0174. The number of likely N-dealkylation sites (tertiary alicyclic amines) is 1. The van der Waals surface area contributed by atoms with E-state index in [-0.39, 0.29) is 5.56 Å². The van der Waals surface area contributed by atoms with Crippen LogP contribution in [0.15, 0.2) is 35.9 Å². The van der Waals surface area contributed by atoms with E-state index in [9.17, 15) is 8.78 Å². The number of nitrogens with two attached hydrogens (primary N) is 1. The molecular formula is C30H52F2N2. The maximum Gasteiger partial charge on any atom is 0.270 e. The molecule has 0 bridgehead atoms. The van der Waals surface area contributed by atoms with Gasteiger partial charge in [0.15, 0.2) is 0 Å². The van der Waals surface area contributed by atoms with Gasteiger partial charge in [-0.05, 0) is 90.4 Å². The van der Waals surface area contributed by atoms with E-state index in [1.807, 2.05) is 6.92 Å². The molecule has 1 atom stereocenters. The van der Waals surface area contributed by atoms with Crippen molar-refractivity contribution in [2.45, 2.75) is 111 Å². The molecular weight excluding hydrogens is 426 g/mol. The molecule has 2 rings (SSSR count). The monoisotopic (exact) mass is 478 g/mol. The number of rotatable bonds is 11. The molecule has 0 radical (unpaired) electrons. The number of alkyl halides is 2. The third-order valence-electron chi connectivity index (χ3n) is 7.25. The Balaban J connectivity index is 0.000000362. The lowest BCUT2D eigenvalue weighted by Crippen LogP contribution is -2.33. The molecule has 1 saturated heterocycles. The van der Waals surface area contributed by atoms with Crippen LogP contribution in [0.3, 0.4) is 0 Å². The molecule has 4 heteroatoms. The van der Waals surface area contributed by atoms with E-state index < -0.39 is 11.5 Å². The summed E-state index contributed by atoms with van der Waals surface area (Å²) in [6.45, 7) is 14.3. The Kier molecular flexibility index (Phi) is 13.6. The van der Waals surface area contributed by atoms with Crippen LogP contribution in [0.4, 0.5) is 8.78 Å². The van der Waals surface area contributed by atoms with Crippen molar-refractivity contribution in [2.75, 3.05) is 20.1 Å². The van der Waals surface area contributed by atoms with E-state index in [4.69, 9.17) is 5.73 Å². The lowest BCUT2D eigenvalue weighted by Gasteiger charge is -2.34. The Labute approximate surface area is 209 Å². The molecule has 1 fully saturated rings. The third-order valence-corrected chi connectivity index (χ3v) is 7.25. The van der Waals surface area contributed by atoms with Crippen LogP contribution in [0.2, 0.25) is 0 Å². The van der Waals surface area contributed by atoms with Crippen LogP contribution in [0.5, 0.6) is 0 Å². The number of piperidine rings is 1. The highest BCUT2D eigenvalue weighted by Crippen LogP contribution is 2.31. The third kappa shape index (κ3) is 11.4. The molecule has 1 aromatic carbocycles. The summed E-state index contributed by atoms with van der Waals surface area (Å²) in [5.41, 5.74) is 8.07. The summed E-state index contributed by atoms with van der Waals surface area (Å²) >= 11 is 0. The van der Waals surface area contributed by atoms with Crippen LogP contribution >= 0.6 is 0 Å². The van der Waals surface area contributed by atoms with Crippen molar-refractivity contribution in [3.05, 3.63) is 47.0 Å². The van der Waals surface area contributed by atoms with Gasteiger partial charge in [-0.2, -0.15) is 0 Å². The minimum absolute atomic E-state index is 0.0293. The number of halogens is 2. The van der Waals surface area contributed by atoms with Gasteiger partial charge in [-0.25, -0.2) is 8.78 Å². The summed E-state index contributed by atoms with van der Waals surface area (Å²) in [7, 11) is 2.25. The number of hydrogen-bond donors (Lipinski definition) is 1. The van der Waals surface area contributed by atoms with E-state index in [0.29, 0.717) is 0 Å². The number of hydrogen-bond acceptors (Lipinski definition) is 2. The second-order valence-electron chi connectivity index (χ2n) is 11.0. The van der Waals surface area contributed by atoms with Gasteiger partial charge in [0.2, 0.25) is 0 Å². The molecule has 2 nitrogen and oxygen atoms in total. The Bertz CT molecular complexity index is 686. The van der Waals surface area contributed by atoms with Crippen LogP contribution < -0.4 is 5.73 Å². The normalized spacial score (nSPS) is 17.1. The zero-order valence-electron chi connectivity index (χ0n) is 23.1. The summed E-state index contributed by atoms with van der Waals surface area (Å²) < 4.78 is 26.3. The first-order valence-corrected chi connectivity index (χ1v) is 13.5. The van der Waals surface area contributed by atoms with Gasteiger partial charge in [0, 0.05) is 18.0 Å². The van der Waals surface area contributed by atoms with Gasteiger partial charge in [-0.1, -0.05) is 75.4 Å². The fourth-order valence-electron chi connectivity index (χ4n) is 5.01. The quantitative estimate of drug-likeness (QED) is 0.255. The van der Waals surface area contributed by atoms with E-state index in [0.717, 1.165) is 43.6 Å². The molecule has 1 aliphatic rings. The van der Waals surface area contributed by atoms with Crippen LogP contribution in [0.25, 0.3) is 0 Å². The van der Waals surface area contributed by atoms with E-state index in [1.54, 1.807) is 12.1 Å². The Morgan fingerprint density at radius 2 is 1.53 bits per heavy atom. The van der Waals surface area contributed by atoms with Crippen molar-refractivity contribution >= 4 is 0 Å². The highest BCUT2D eigenvalue weighted by Gasteiger charge is 2.26. The molecule has 196 valence electrons. The maximum atomic E-state index is 13.2. The Hall–Kier alpha value is -1.26. The van der Waals surface area contributed by atoms with Crippen molar-refractivity contribution in [3.8, 4) is 0 Å². The molecule has 0 saturated carbocycles. The fraction of sp³-hybridized carbons (Fsp3) is 0.733. The topological polar surface area (TPSA) is 29.3 Å². The van der Waals surface area contributed by atoms with Crippen molar-refractivity contribution < 1.29 is 8.78 Å². The zero-order valence-corrected chi connectivity index (χ0v) is 23.1. The highest BCUT2D eigenvalue weighted by molar-refractivity contribution is 5.29. The largest absolute Gasteiger partial charge is 0.322 e. The Morgan fingerprint density at radius 3 is 1.97 bits per heavy atom. The molecule has 2 N–H and O–H groups in total. The average molecular weight is 479 g/mol. The first kappa shape index (κ1) is 30.8. The predicted molar refractivity (Wildman–Crippen MR) is 144 cm³/mol. The zero-order chi connectivity index (χ0) is 25.8. The summed E-state index contributed by atoms with van der Waals surface area (Å²) in [4.78, 5) is 2.48. The molecule has 1 aromatic rings. The van der Waals surface area contributed by atoms with Crippen LogP contribution in [-0.4, -0.2) is 25.0 Å². The molecule has 34 heavy (non-hydrogen) atoms. The van der Waals surface area contributed by atoms with Gasteiger partial charge in [-0.3, -0.25) is 0 Å².